The predicted molar refractivity (Wildman–Crippen MR) is 87.4 cm³/mol. The van der Waals surface area contributed by atoms with E-state index in [0.717, 1.165) is 28.6 Å². The molecular weight excluding hydrogens is 332 g/mol. The van der Waals surface area contributed by atoms with Gasteiger partial charge < -0.3 is 9.84 Å². The number of halogens is 1. The second-order valence-corrected chi connectivity index (χ2v) is 7.26. The molecule has 1 aromatic rings. The zero-order chi connectivity index (χ0) is 15.8. The number of ether oxygens (including phenoxy) is 1. The van der Waals surface area contributed by atoms with E-state index in [-0.39, 0.29) is 6.42 Å². The van der Waals surface area contributed by atoms with Crippen LogP contribution in [0, 0.1) is 6.92 Å². The number of aliphatic carboxylic acids is 1. The number of carboxylic acids is 1. The van der Waals surface area contributed by atoms with Crippen molar-refractivity contribution in [3.63, 3.8) is 0 Å². The summed E-state index contributed by atoms with van der Waals surface area (Å²) in [6.45, 7) is 6.07. The van der Waals surface area contributed by atoms with Crippen LogP contribution in [-0.2, 0) is 23.1 Å². The van der Waals surface area contributed by atoms with Crippen LogP contribution in [0.2, 0.25) is 0 Å². The Kier molecular flexibility index (Phi) is 4.66. The highest BCUT2D eigenvalue weighted by Crippen LogP contribution is 2.46. The van der Waals surface area contributed by atoms with Gasteiger partial charge in [0.1, 0.15) is 5.75 Å². The Hall–Kier alpha value is -1.03. The smallest absolute Gasteiger partial charge is 0.304 e. The van der Waals surface area contributed by atoms with Crippen LogP contribution in [0.25, 0.3) is 0 Å². The second-order valence-electron chi connectivity index (χ2n) is 6.47. The average molecular weight is 355 g/mol. The third-order valence-corrected chi connectivity index (χ3v) is 5.30. The first-order valence-electron chi connectivity index (χ1n) is 7.39. The third kappa shape index (κ3) is 2.96. The lowest BCUT2D eigenvalue weighted by Crippen LogP contribution is -2.25. The standard InChI is InChI=1S/C17H23BrO3/c1-10-11-7-5-6-8-12(11)15(18)16(21-4)14(10)17(2,3)9-13(19)20/h5-9H2,1-4H3,(H,19,20). The summed E-state index contributed by atoms with van der Waals surface area (Å²) in [7, 11) is 1.66. The van der Waals surface area contributed by atoms with Gasteiger partial charge in [-0.3, -0.25) is 4.79 Å². The molecule has 0 spiro atoms. The van der Waals surface area contributed by atoms with Crippen LogP contribution in [0.1, 0.15) is 55.4 Å². The lowest BCUT2D eigenvalue weighted by Gasteiger charge is -2.32. The first-order valence-corrected chi connectivity index (χ1v) is 8.19. The number of fused-ring (bicyclic) bond motifs is 1. The van der Waals surface area contributed by atoms with Crippen LogP contribution < -0.4 is 4.74 Å². The van der Waals surface area contributed by atoms with Gasteiger partial charge in [0.15, 0.2) is 0 Å². The highest BCUT2D eigenvalue weighted by Gasteiger charge is 2.33. The van der Waals surface area contributed by atoms with E-state index in [0.29, 0.717) is 0 Å². The van der Waals surface area contributed by atoms with E-state index in [1.54, 1.807) is 7.11 Å². The SMILES string of the molecule is COc1c(Br)c2c(c(C)c1C(C)(C)CC(=O)O)CCCC2. The van der Waals surface area contributed by atoms with Crippen molar-refractivity contribution in [1.29, 1.82) is 0 Å². The lowest BCUT2D eigenvalue weighted by molar-refractivity contribution is -0.138. The molecule has 0 heterocycles. The summed E-state index contributed by atoms with van der Waals surface area (Å²) in [4.78, 5) is 11.2. The maximum absolute atomic E-state index is 11.2. The van der Waals surface area contributed by atoms with E-state index >= 15 is 0 Å². The molecule has 1 aliphatic carbocycles. The normalized spacial score (nSPS) is 14.7. The average Bonchev–Trinajstić information content (AvgIpc) is 2.40. The van der Waals surface area contributed by atoms with E-state index in [2.05, 4.69) is 22.9 Å². The van der Waals surface area contributed by atoms with Gasteiger partial charge in [0, 0.05) is 11.0 Å². The minimum atomic E-state index is -0.782. The van der Waals surface area contributed by atoms with E-state index in [9.17, 15) is 9.90 Å². The molecule has 1 aliphatic rings. The van der Waals surface area contributed by atoms with E-state index in [1.165, 1.54) is 29.5 Å². The number of rotatable bonds is 4. The fraction of sp³-hybridized carbons (Fsp3) is 0.588. The van der Waals surface area contributed by atoms with Gasteiger partial charge in [-0.1, -0.05) is 13.8 Å². The van der Waals surface area contributed by atoms with E-state index in [4.69, 9.17) is 4.74 Å². The quantitative estimate of drug-likeness (QED) is 0.871. The topological polar surface area (TPSA) is 46.5 Å². The van der Waals surface area contributed by atoms with Gasteiger partial charge in [0.2, 0.25) is 0 Å². The van der Waals surface area contributed by atoms with Crippen molar-refractivity contribution >= 4 is 21.9 Å². The molecule has 21 heavy (non-hydrogen) atoms. The molecule has 3 nitrogen and oxygen atoms in total. The Bertz CT molecular complexity index is 576. The number of hydrogen-bond donors (Lipinski definition) is 1. The Morgan fingerprint density at radius 1 is 1.29 bits per heavy atom. The Morgan fingerprint density at radius 2 is 1.86 bits per heavy atom. The molecule has 1 N–H and O–H groups in total. The summed E-state index contributed by atoms with van der Waals surface area (Å²) in [6.07, 6.45) is 4.62. The van der Waals surface area contributed by atoms with Crippen molar-refractivity contribution in [2.24, 2.45) is 0 Å². The summed E-state index contributed by atoms with van der Waals surface area (Å²) in [5.41, 5.74) is 4.49. The van der Waals surface area contributed by atoms with Crippen molar-refractivity contribution in [2.45, 2.75) is 58.3 Å². The van der Waals surface area contributed by atoms with Crippen LogP contribution in [-0.4, -0.2) is 18.2 Å². The fourth-order valence-electron chi connectivity index (χ4n) is 3.60. The number of hydrogen-bond acceptors (Lipinski definition) is 2. The summed E-state index contributed by atoms with van der Waals surface area (Å²) in [5.74, 6) is 0.0229. The van der Waals surface area contributed by atoms with Crippen LogP contribution in [0.3, 0.4) is 0 Å². The van der Waals surface area contributed by atoms with Crippen molar-refractivity contribution in [3.8, 4) is 5.75 Å². The molecular formula is C17H23BrO3. The lowest BCUT2D eigenvalue weighted by atomic mass is 9.75. The number of carbonyl (C=O) groups is 1. The summed E-state index contributed by atoms with van der Waals surface area (Å²) >= 11 is 3.70. The molecule has 0 fully saturated rings. The zero-order valence-electron chi connectivity index (χ0n) is 13.2. The molecule has 4 heteroatoms. The molecule has 0 aliphatic heterocycles. The number of methoxy groups -OCH3 is 1. The molecule has 0 radical (unpaired) electrons. The maximum atomic E-state index is 11.2. The second kappa shape index (κ2) is 5.99. The van der Waals surface area contributed by atoms with Crippen LogP contribution in [0.4, 0.5) is 0 Å². The van der Waals surface area contributed by atoms with E-state index < -0.39 is 11.4 Å². The Labute approximate surface area is 134 Å². The number of benzene rings is 1. The van der Waals surface area contributed by atoms with Gasteiger partial charge in [-0.2, -0.15) is 0 Å². The molecule has 0 aromatic heterocycles. The largest absolute Gasteiger partial charge is 0.495 e. The van der Waals surface area contributed by atoms with E-state index in [1.807, 2.05) is 13.8 Å². The van der Waals surface area contributed by atoms with Crippen LogP contribution in [0.5, 0.6) is 5.75 Å². The molecule has 0 bridgehead atoms. The van der Waals surface area contributed by atoms with Crippen molar-refractivity contribution in [1.82, 2.24) is 0 Å². The molecule has 0 saturated heterocycles. The van der Waals surface area contributed by atoms with Gasteiger partial charge in [0.25, 0.3) is 0 Å². The first kappa shape index (κ1) is 16.3. The molecule has 0 saturated carbocycles. The predicted octanol–water partition coefficient (Wildman–Crippen LogP) is 4.40. The van der Waals surface area contributed by atoms with Gasteiger partial charge in [0.05, 0.1) is 18.0 Å². The summed E-state index contributed by atoms with van der Waals surface area (Å²) in [6, 6.07) is 0. The molecule has 0 atom stereocenters. The Balaban J connectivity index is 2.70. The summed E-state index contributed by atoms with van der Waals surface area (Å²) in [5, 5.41) is 9.22. The number of carboxylic acid groups (broad SMARTS) is 1. The molecule has 0 unspecified atom stereocenters. The van der Waals surface area contributed by atoms with Crippen molar-refractivity contribution < 1.29 is 14.6 Å². The molecule has 0 amide bonds. The van der Waals surface area contributed by atoms with Crippen molar-refractivity contribution in [3.05, 3.63) is 26.7 Å². The molecule has 116 valence electrons. The van der Waals surface area contributed by atoms with Crippen molar-refractivity contribution in [2.75, 3.05) is 7.11 Å². The van der Waals surface area contributed by atoms with Gasteiger partial charge in [-0.15, -0.1) is 0 Å². The van der Waals surface area contributed by atoms with Gasteiger partial charge in [-0.05, 0) is 65.2 Å². The van der Waals surface area contributed by atoms with Gasteiger partial charge in [-0.25, -0.2) is 0 Å². The molecule has 2 rings (SSSR count). The van der Waals surface area contributed by atoms with Crippen LogP contribution in [0.15, 0.2) is 4.47 Å². The monoisotopic (exact) mass is 354 g/mol. The molecule has 1 aromatic carbocycles. The highest BCUT2D eigenvalue weighted by atomic mass is 79.9. The highest BCUT2D eigenvalue weighted by molar-refractivity contribution is 9.10. The summed E-state index contributed by atoms with van der Waals surface area (Å²) < 4.78 is 6.66. The zero-order valence-corrected chi connectivity index (χ0v) is 14.8. The minimum absolute atomic E-state index is 0.0927. The van der Waals surface area contributed by atoms with Gasteiger partial charge >= 0.3 is 5.97 Å². The third-order valence-electron chi connectivity index (χ3n) is 4.46. The Morgan fingerprint density at radius 3 is 2.38 bits per heavy atom. The minimum Gasteiger partial charge on any atom is -0.495 e. The fourth-order valence-corrected chi connectivity index (χ4v) is 4.40. The first-order chi connectivity index (χ1) is 9.79. The maximum Gasteiger partial charge on any atom is 0.304 e. The van der Waals surface area contributed by atoms with Crippen LogP contribution >= 0.6 is 15.9 Å².